The first-order valence-corrected chi connectivity index (χ1v) is 9.28. The zero-order valence-corrected chi connectivity index (χ0v) is 15.4. The van der Waals surface area contributed by atoms with Gasteiger partial charge in [0.2, 0.25) is 5.91 Å². The number of carboxylic acid groups (broad SMARTS) is 1. The molecular weight excluding hydrogens is 368 g/mol. The van der Waals surface area contributed by atoms with Crippen molar-refractivity contribution in [3.05, 3.63) is 69.8 Å². The summed E-state index contributed by atoms with van der Waals surface area (Å²) in [7, 11) is 0. The minimum atomic E-state index is -1.05. The number of carboxylic acids is 1. The van der Waals surface area contributed by atoms with Crippen molar-refractivity contribution in [3.8, 4) is 0 Å². The molecule has 0 bridgehead atoms. The van der Waals surface area contributed by atoms with Gasteiger partial charge in [-0.2, -0.15) is 0 Å². The predicted molar refractivity (Wildman–Crippen MR) is 101 cm³/mol. The smallest absolute Gasteiger partial charge is 0.331 e. The van der Waals surface area contributed by atoms with Crippen LogP contribution in [0.1, 0.15) is 24.1 Å². The van der Waals surface area contributed by atoms with Gasteiger partial charge >= 0.3 is 5.97 Å². The highest BCUT2D eigenvalue weighted by Gasteiger charge is 2.37. The third kappa shape index (κ3) is 3.95. The van der Waals surface area contributed by atoms with Gasteiger partial charge in [-0.05, 0) is 36.6 Å². The van der Waals surface area contributed by atoms with Crippen molar-refractivity contribution in [3.63, 3.8) is 0 Å². The van der Waals surface area contributed by atoms with E-state index >= 15 is 0 Å². The average molecular weight is 386 g/mol. The number of fused-ring (bicyclic) bond motifs is 1. The standard InChI is InChI=1S/C19H18N2O5S/c1-12(27-15-8-6-14(7-9-15)21(25)26)18(22)20-11-10-13-4-2-3-5-16(13)17(20)19(23)24/h2-9,12,17H,10-11H2,1H3,(H,23,24). The van der Waals surface area contributed by atoms with Crippen LogP contribution in [0.3, 0.4) is 0 Å². The van der Waals surface area contributed by atoms with E-state index in [0.717, 1.165) is 5.56 Å². The summed E-state index contributed by atoms with van der Waals surface area (Å²) in [5.74, 6) is -1.32. The number of nitrogens with zero attached hydrogens (tertiary/aromatic N) is 2. The molecule has 1 N–H and O–H groups in total. The Morgan fingerprint density at radius 3 is 2.52 bits per heavy atom. The Labute approximate surface area is 160 Å². The quantitative estimate of drug-likeness (QED) is 0.481. The fourth-order valence-electron chi connectivity index (χ4n) is 3.20. The minimum absolute atomic E-state index is 0.0168. The van der Waals surface area contributed by atoms with Crippen molar-refractivity contribution in [2.75, 3.05) is 6.54 Å². The summed E-state index contributed by atoms with van der Waals surface area (Å²) in [4.78, 5) is 37.2. The molecule has 2 aromatic rings. The second-order valence-electron chi connectivity index (χ2n) is 6.23. The molecule has 2 unspecified atom stereocenters. The van der Waals surface area contributed by atoms with Crippen molar-refractivity contribution in [1.29, 1.82) is 0 Å². The van der Waals surface area contributed by atoms with Gasteiger partial charge in [-0.15, -0.1) is 11.8 Å². The molecule has 2 atom stereocenters. The zero-order chi connectivity index (χ0) is 19.6. The summed E-state index contributed by atoms with van der Waals surface area (Å²) < 4.78 is 0. The predicted octanol–water partition coefficient (Wildman–Crippen LogP) is 3.29. The number of nitro benzene ring substituents is 1. The molecule has 7 nitrogen and oxygen atoms in total. The first-order valence-electron chi connectivity index (χ1n) is 8.40. The summed E-state index contributed by atoms with van der Waals surface area (Å²) in [6.07, 6.45) is 0.612. The van der Waals surface area contributed by atoms with Gasteiger partial charge in [0.05, 0.1) is 10.2 Å². The fraction of sp³-hybridized carbons (Fsp3) is 0.263. The number of nitro groups is 1. The van der Waals surface area contributed by atoms with Crippen molar-refractivity contribution < 1.29 is 19.6 Å². The van der Waals surface area contributed by atoms with Crippen LogP contribution in [-0.2, 0) is 16.0 Å². The molecule has 2 aromatic carbocycles. The van der Waals surface area contributed by atoms with E-state index in [2.05, 4.69) is 0 Å². The average Bonchev–Trinajstić information content (AvgIpc) is 2.66. The molecule has 0 aliphatic carbocycles. The van der Waals surface area contributed by atoms with Crippen molar-refractivity contribution in [2.24, 2.45) is 0 Å². The molecule has 1 aliphatic rings. The van der Waals surface area contributed by atoms with Crippen LogP contribution >= 0.6 is 11.8 Å². The van der Waals surface area contributed by atoms with E-state index in [1.165, 1.54) is 28.8 Å². The Morgan fingerprint density at radius 1 is 1.22 bits per heavy atom. The number of non-ortho nitro benzene ring substituents is 1. The first-order chi connectivity index (χ1) is 12.9. The third-order valence-electron chi connectivity index (χ3n) is 4.51. The topological polar surface area (TPSA) is 101 Å². The maximum atomic E-state index is 12.9. The number of hydrogen-bond donors (Lipinski definition) is 1. The first kappa shape index (κ1) is 18.9. The SMILES string of the molecule is CC(Sc1ccc([N+](=O)[O-])cc1)C(=O)N1CCc2ccccc2C1C(=O)O. The molecule has 0 spiro atoms. The van der Waals surface area contributed by atoms with Gasteiger partial charge in [0.15, 0.2) is 6.04 Å². The molecule has 0 fully saturated rings. The van der Waals surface area contributed by atoms with Crippen LogP contribution < -0.4 is 0 Å². The molecule has 8 heteroatoms. The number of hydrogen-bond acceptors (Lipinski definition) is 5. The summed E-state index contributed by atoms with van der Waals surface area (Å²) in [6.45, 7) is 2.06. The van der Waals surface area contributed by atoms with Crippen molar-refractivity contribution in [2.45, 2.75) is 29.5 Å². The number of benzene rings is 2. The fourth-order valence-corrected chi connectivity index (χ4v) is 4.14. The van der Waals surface area contributed by atoms with Gasteiger partial charge in [-0.25, -0.2) is 4.79 Å². The summed E-state index contributed by atoms with van der Waals surface area (Å²) in [6, 6.07) is 12.2. The number of rotatable bonds is 5. The monoisotopic (exact) mass is 386 g/mol. The number of thioether (sulfide) groups is 1. The van der Waals surface area contributed by atoms with Crippen LogP contribution in [0.4, 0.5) is 5.69 Å². The molecule has 0 saturated carbocycles. The molecule has 0 saturated heterocycles. The van der Waals surface area contributed by atoms with Gasteiger partial charge < -0.3 is 10.0 Å². The Morgan fingerprint density at radius 2 is 1.89 bits per heavy atom. The Bertz CT molecular complexity index is 884. The molecule has 1 amide bonds. The number of aliphatic carboxylic acids is 1. The molecule has 0 radical (unpaired) electrons. The van der Waals surface area contributed by atoms with E-state index in [-0.39, 0.29) is 11.6 Å². The third-order valence-corrected chi connectivity index (χ3v) is 5.61. The summed E-state index contributed by atoms with van der Waals surface area (Å²) >= 11 is 1.25. The van der Waals surface area contributed by atoms with E-state index < -0.39 is 22.2 Å². The van der Waals surface area contributed by atoms with Crippen LogP contribution in [-0.4, -0.2) is 38.6 Å². The van der Waals surface area contributed by atoms with Gasteiger partial charge in [-0.3, -0.25) is 14.9 Å². The lowest BCUT2D eigenvalue weighted by Crippen LogP contribution is -2.46. The van der Waals surface area contributed by atoms with Crippen LogP contribution in [0.2, 0.25) is 0 Å². The number of amides is 1. The summed E-state index contributed by atoms with van der Waals surface area (Å²) in [5.41, 5.74) is 1.58. The van der Waals surface area contributed by atoms with Gasteiger partial charge in [-0.1, -0.05) is 24.3 Å². The minimum Gasteiger partial charge on any atom is -0.479 e. The van der Waals surface area contributed by atoms with E-state index in [1.54, 1.807) is 31.2 Å². The second kappa shape index (κ2) is 7.79. The molecule has 27 heavy (non-hydrogen) atoms. The lowest BCUT2D eigenvalue weighted by atomic mass is 9.92. The molecule has 1 aliphatic heterocycles. The van der Waals surface area contributed by atoms with Crippen LogP contribution in [0.15, 0.2) is 53.4 Å². The van der Waals surface area contributed by atoms with Gasteiger partial charge in [0.1, 0.15) is 0 Å². The highest BCUT2D eigenvalue weighted by molar-refractivity contribution is 8.00. The van der Waals surface area contributed by atoms with E-state index in [1.807, 2.05) is 12.1 Å². The highest BCUT2D eigenvalue weighted by atomic mass is 32.2. The molecule has 0 aromatic heterocycles. The van der Waals surface area contributed by atoms with E-state index in [9.17, 15) is 24.8 Å². The van der Waals surface area contributed by atoms with E-state index in [4.69, 9.17) is 0 Å². The lowest BCUT2D eigenvalue weighted by molar-refractivity contribution is -0.384. The van der Waals surface area contributed by atoms with Crippen LogP contribution in [0.25, 0.3) is 0 Å². The van der Waals surface area contributed by atoms with E-state index in [0.29, 0.717) is 23.4 Å². The Balaban J connectivity index is 1.77. The van der Waals surface area contributed by atoms with Crippen LogP contribution in [0.5, 0.6) is 0 Å². The highest BCUT2D eigenvalue weighted by Crippen LogP contribution is 2.33. The van der Waals surface area contributed by atoms with Gasteiger partial charge in [0.25, 0.3) is 5.69 Å². The zero-order valence-electron chi connectivity index (χ0n) is 14.6. The lowest BCUT2D eigenvalue weighted by Gasteiger charge is -2.36. The molecule has 140 valence electrons. The molecule has 3 rings (SSSR count). The Hall–Kier alpha value is -2.87. The summed E-state index contributed by atoms with van der Waals surface area (Å²) in [5, 5.41) is 19.9. The second-order valence-corrected chi connectivity index (χ2v) is 7.65. The molecule has 1 heterocycles. The van der Waals surface area contributed by atoms with Crippen molar-refractivity contribution >= 4 is 29.3 Å². The normalized spacial score (nSPS) is 17.1. The van der Waals surface area contributed by atoms with Crippen LogP contribution in [0, 0.1) is 10.1 Å². The largest absolute Gasteiger partial charge is 0.479 e. The maximum absolute atomic E-state index is 12.9. The molecular formula is C19H18N2O5S. The Kier molecular flexibility index (Phi) is 5.46. The van der Waals surface area contributed by atoms with Crippen molar-refractivity contribution in [1.82, 2.24) is 4.90 Å². The van der Waals surface area contributed by atoms with Gasteiger partial charge in [0, 0.05) is 23.6 Å². The number of carbonyl (C=O) groups excluding carboxylic acids is 1. The number of carbonyl (C=O) groups is 2. The maximum Gasteiger partial charge on any atom is 0.331 e.